The monoisotopic (exact) mass is 413 g/mol. The lowest BCUT2D eigenvalue weighted by atomic mass is 9.91. The Morgan fingerprint density at radius 1 is 1.07 bits per heavy atom. The molecule has 1 aromatic heterocycles. The number of hydrogen-bond donors (Lipinski definition) is 0. The lowest BCUT2D eigenvalue weighted by Gasteiger charge is -2.13. The van der Waals surface area contributed by atoms with Gasteiger partial charge in [-0.2, -0.15) is 0 Å². The maximum atomic E-state index is 13.6. The molecule has 6 heteroatoms. The zero-order valence-electron chi connectivity index (χ0n) is 16.4. The van der Waals surface area contributed by atoms with Crippen molar-refractivity contribution in [1.82, 2.24) is 4.57 Å². The van der Waals surface area contributed by atoms with Gasteiger partial charge in [-0.05, 0) is 41.5 Å². The molecule has 0 fully saturated rings. The number of nitrogens with zero attached hydrogens (tertiary/aromatic N) is 1. The minimum absolute atomic E-state index is 0.111. The summed E-state index contributed by atoms with van der Waals surface area (Å²) in [7, 11) is 0. The smallest absolute Gasteiger partial charge is 0.269 e. The van der Waals surface area contributed by atoms with Crippen molar-refractivity contribution in [2.45, 2.75) is 27.3 Å². The molecule has 3 rings (SSSR count). The van der Waals surface area contributed by atoms with Gasteiger partial charge in [0.05, 0.1) is 11.1 Å². The summed E-state index contributed by atoms with van der Waals surface area (Å²) in [5.41, 5.74) is 0.425. The molecule has 0 aliphatic heterocycles. The van der Waals surface area contributed by atoms with Gasteiger partial charge in [0.2, 0.25) is 0 Å². The summed E-state index contributed by atoms with van der Waals surface area (Å²) in [6.45, 7) is 5.56. The number of aromatic nitrogens is 1. The fourth-order valence-corrected chi connectivity index (χ4v) is 3.69. The van der Waals surface area contributed by atoms with Crippen LogP contribution in [-0.2, 0) is 11.3 Å². The van der Waals surface area contributed by atoms with Gasteiger partial charge in [0.1, 0.15) is 16.3 Å². The van der Waals surface area contributed by atoms with Crippen LogP contribution < -0.4 is 14.8 Å². The highest BCUT2D eigenvalue weighted by molar-refractivity contribution is 7.07. The normalized spacial score (nSPS) is 13.1. The highest BCUT2D eigenvalue weighted by Gasteiger charge is 2.19. The summed E-state index contributed by atoms with van der Waals surface area (Å²) in [5.74, 6) is -0.859. The minimum atomic E-state index is -0.593. The molecule has 0 radical (unpaired) electrons. The van der Waals surface area contributed by atoms with E-state index in [1.165, 1.54) is 46.2 Å². The number of hydrogen-bond acceptors (Lipinski definition) is 3. The van der Waals surface area contributed by atoms with Crippen molar-refractivity contribution < 1.29 is 13.6 Å². The molecule has 0 saturated carbocycles. The largest absolute Gasteiger partial charge is 0.294 e. The van der Waals surface area contributed by atoms with Gasteiger partial charge in [-0.3, -0.25) is 14.2 Å². The first kappa shape index (κ1) is 20.9. The Balaban J connectivity index is 2.17. The van der Waals surface area contributed by atoms with Gasteiger partial charge in [0.15, 0.2) is 5.78 Å². The molecular weight excluding hydrogens is 392 g/mol. The van der Waals surface area contributed by atoms with Crippen LogP contribution in [0.25, 0.3) is 12.2 Å². The summed E-state index contributed by atoms with van der Waals surface area (Å²) in [6, 6.07) is 11.8. The third-order valence-corrected chi connectivity index (χ3v) is 5.39. The Hall–Kier alpha value is -2.86. The standard InChI is InChI=1S/C23H21F2NO2S/c1-23(2,3)20(27)13-21-26(14-16-5-4-6-18(25)11-16)22(28)19(29-21)12-15-7-9-17(24)10-8-15/h4-13H,14H2,1-3H3/b19-12+,21-13-. The number of carbonyl (C=O) groups is 1. The van der Waals surface area contributed by atoms with Gasteiger partial charge >= 0.3 is 0 Å². The highest BCUT2D eigenvalue weighted by atomic mass is 32.1. The molecule has 29 heavy (non-hydrogen) atoms. The molecule has 0 aliphatic rings. The van der Waals surface area contributed by atoms with E-state index in [0.717, 1.165) is 0 Å². The van der Waals surface area contributed by atoms with Crippen molar-refractivity contribution in [3.05, 3.63) is 90.8 Å². The SMILES string of the molecule is CC(C)(C)C(=O)/C=c1\s/c(=C/c2ccc(F)cc2)c(=O)n1Cc1cccc(F)c1. The molecule has 3 aromatic rings. The van der Waals surface area contributed by atoms with Crippen LogP contribution in [0, 0.1) is 17.0 Å². The second-order valence-corrected chi connectivity index (χ2v) is 8.84. The molecule has 150 valence electrons. The zero-order valence-corrected chi connectivity index (χ0v) is 17.2. The lowest BCUT2D eigenvalue weighted by molar-refractivity contribution is -0.120. The molecular formula is C23H21F2NO2S. The number of thiazole rings is 1. The van der Waals surface area contributed by atoms with E-state index in [9.17, 15) is 18.4 Å². The van der Waals surface area contributed by atoms with Crippen LogP contribution in [0.2, 0.25) is 0 Å². The summed E-state index contributed by atoms with van der Waals surface area (Å²) in [4.78, 5) is 25.6. The van der Waals surface area contributed by atoms with Crippen LogP contribution >= 0.6 is 11.3 Å². The number of halogens is 2. The van der Waals surface area contributed by atoms with E-state index in [-0.39, 0.29) is 29.5 Å². The number of rotatable bonds is 4. The fourth-order valence-electron chi connectivity index (χ4n) is 2.65. The average Bonchev–Trinajstić information content (AvgIpc) is 2.92. The Kier molecular flexibility index (Phi) is 5.94. The van der Waals surface area contributed by atoms with Crippen molar-refractivity contribution in [2.24, 2.45) is 5.41 Å². The molecule has 0 unspecified atom stereocenters. The van der Waals surface area contributed by atoms with Gasteiger partial charge in [0, 0.05) is 11.5 Å². The summed E-state index contributed by atoms with van der Waals surface area (Å²) in [6.07, 6.45) is 3.13. The Bertz CT molecular complexity index is 1220. The quantitative estimate of drug-likeness (QED) is 0.657. The van der Waals surface area contributed by atoms with Gasteiger partial charge in [-0.25, -0.2) is 8.78 Å². The first-order chi connectivity index (χ1) is 13.6. The van der Waals surface area contributed by atoms with Crippen molar-refractivity contribution in [1.29, 1.82) is 0 Å². The van der Waals surface area contributed by atoms with Crippen molar-refractivity contribution in [3.63, 3.8) is 0 Å². The number of benzene rings is 2. The maximum absolute atomic E-state index is 13.6. The van der Waals surface area contributed by atoms with E-state index in [1.54, 1.807) is 51.1 Å². The third-order valence-electron chi connectivity index (χ3n) is 4.33. The molecule has 0 aliphatic carbocycles. The van der Waals surface area contributed by atoms with E-state index in [2.05, 4.69) is 0 Å². The van der Waals surface area contributed by atoms with Gasteiger partial charge in [-0.15, -0.1) is 11.3 Å². The van der Waals surface area contributed by atoms with Gasteiger partial charge in [0.25, 0.3) is 5.56 Å². The predicted molar refractivity (Wildman–Crippen MR) is 112 cm³/mol. The molecule has 1 heterocycles. The van der Waals surface area contributed by atoms with Crippen LogP contribution in [0.4, 0.5) is 8.78 Å². The third kappa shape index (κ3) is 5.15. The van der Waals surface area contributed by atoms with E-state index in [1.807, 2.05) is 0 Å². The van der Waals surface area contributed by atoms with Gasteiger partial charge < -0.3 is 0 Å². The van der Waals surface area contributed by atoms with Crippen LogP contribution in [0.5, 0.6) is 0 Å². The summed E-state index contributed by atoms with van der Waals surface area (Å²) < 4.78 is 29.1. The lowest BCUT2D eigenvalue weighted by Crippen LogP contribution is -2.32. The summed E-state index contributed by atoms with van der Waals surface area (Å²) in [5, 5.41) is 0. The molecule has 0 bridgehead atoms. The fraction of sp³-hybridized carbons (Fsp3) is 0.217. The number of ketones is 1. The summed E-state index contributed by atoms with van der Waals surface area (Å²) >= 11 is 1.18. The van der Waals surface area contributed by atoms with Crippen LogP contribution in [-0.4, -0.2) is 10.4 Å². The molecule has 2 aromatic carbocycles. The van der Waals surface area contributed by atoms with E-state index in [4.69, 9.17) is 0 Å². The molecule has 3 nitrogen and oxygen atoms in total. The predicted octanol–water partition coefficient (Wildman–Crippen LogP) is 3.46. The first-order valence-corrected chi connectivity index (χ1v) is 9.93. The molecule has 0 atom stereocenters. The molecule has 0 saturated heterocycles. The van der Waals surface area contributed by atoms with E-state index >= 15 is 0 Å². The highest BCUT2D eigenvalue weighted by Crippen LogP contribution is 2.15. The maximum Gasteiger partial charge on any atom is 0.269 e. The number of carbonyl (C=O) groups excluding carboxylic acids is 1. The molecule has 0 N–H and O–H groups in total. The average molecular weight is 413 g/mol. The topological polar surface area (TPSA) is 39.1 Å². The minimum Gasteiger partial charge on any atom is -0.294 e. The van der Waals surface area contributed by atoms with Crippen molar-refractivity contribution in [3.8, 4) is 0 Å². The first-order valence-electron chi connectivity index (χ1n) is 9.11. The van der Waals surface area contributed by atoms with Crippen molar-refractivity contribution >= 4 is 29.3 Å². The van der Waals surface area contributed by atoms with Crippen LogP contribution in [0.1, 0.15) is 31.9 Å². The molecule has 0 amide bonds. The second-order valence-electron chi connectivity index (χ2n) is 7.78. The van der Waals surface area contributed by atoms with E-state index < -0.39 is 5.41 Å². The Morgan fingerprint density at radius 2 is 1.76 bits per heavy atom. The number of Topliss-reactive ketones (excluding diaryl/α,β-unsaturated/α-hetero) is 1. The van der Waals surface area contributed by atoms with Crippen molar-refractivity contribution in [2.75, 3.05) is 0 Å². The van der Waals surface area contributed by atoms with Gasteiger partial charge in [-0.1, -0.05) is 45.0 Å². The van der Waals surface area contributed by atoms with Crippen LogP contribution in [0.3, 0.4) is 0 Å². The van der Waals surface area contributed by atoms with E-state index in [0.29, 0.717) is 20.3 Å². The van der Waals surface area contributed by atoms with Crippen LogP contribution in [0.15, 0.2) is 53.3 Å². The molecule has 0 spiro atoms. The second kappa shape index (κ2) is 8.25. The Labute approximate surface area is 171 Å². The zero-order chi connectivity index (χ0) is 21.2. The Morgan fingerprint density at radius 3 is 2.38 bits per heavy atom.